The Hall–Kier alpha value is -3.53. The van der Waals surface area contributed by atoms with Crippen LogP contribution in [-0.4, -0.2) is 37.3 Å². The van der Waals surface area contributed by atoms with Crippen LogP contribution in [0.5, 0.6) is 0 Å². The van der Waals surface area contributed by atoms with Gasteiger partial charge < -0.3 is 4.90 Å². The number of benzene rings is 1. The number of hydrogen-bond donors (Lipinski definition) is 0. The van der Waals surface area contributed by atoms with Crippen LogP contribution in [0, 0.1) is 11.3 Å². The summed E-state index contributed by atoms with van der Waals surface area (Å²) in [6.45, 7) is 4.39. The van der Waals surface area contributed by atoms with E-state index in [2.05, 4.69) is 16.2 Å². The van der Waals surface area contributed by atoms with Gasteiger partial charge in [-0.15, -0.1) is 0 Å². The molecule has 5 rings (SSSR count). The first-order chi connectivity index (χ1) is 15.9. The van der Waals surface area contributed by atoms with Crippen molar-refractivity contribution in [3.05, 3.63) is 59.5 Å². The van der Waals surface area contributed by atoms with Crippen molar-refractivity contribution in [2.45, 2.75) is 64.3 Å². The van der Waals surface area contributed by atoms with Crippen molar-refractivity contribution in [1.82, 2.24) is 19.7 Å². The number of nitrogens with zero attached hydrogens (tertiary/aromatic N) is 5. The zero-order valence-corrected chi connectivity index (χ0v) is 18.9. The highest BCUT2D eigenvalue weighted by Crippen LogP contribution is 2.37. The van der Waals surface area contributed by atoms with E-state index in [1.54, 1.807) is 23.9 Å². The average Bonchev–Trinajstić information content (AvgIpc) is 3.46. The molecular weight excluding hydrogens is 417 g/mol. The van der Waals surface area contributed by atoms with Crippen molar-refractivity contribution in [2.24, 2.45) is 0 Å². The van der Waals surface area contributed by atoms with E-state index in [0.29, 0.717) is 36.0 Å². The number of carbonyl (C=O) groups is 1. The molecule has 6 nitrogen and oxygen atoms in total. The fourth-order valence-corrected chi connectivity index (χ4v) is 4.65. The summed E-state index contributed by atoms with van der Waals surface area (Å²) in [4.78, 5) is 19.5. The van der Waals surface area contributed by atoms with Crippen molar-refractivity contribution >= 4 is 5.91 Å². The number of halogens is 1. The lowest BCUT2D eigenvalue weighted by Gasteiger charge is -2.19. The van der Waals surface area contributed by atoms with Crippen molar-refractivity contribution in [2.75, 3.05) is 0 Å². The Bertz CT molecular complexity index is 1270. The zero-order chi connectivity index (χ0) is 23.2. The van der Waals surface area contributed by atoms with E-state index in [0.717, 1.165) is 41.5 Å². The highest BCUT2D eigenvalue weighted by molar-refractivity contribution is 6.00. The number of nitriles is 1. The molecule has 1 amide bonds. The Morgan fingerprint density at radius 1 is 1.21 bits per heavy atom. The lowest BCUT2D eigenvalue weighted by Crippen LogP contribution is -2.25. The number of pyridine rings is 1. The molecule has 3 heterocycles. The number of fused-ring (bicyclic) bond motifs is 1. The van der Waals surface area contributed by atoms with Crippen LogP contribution in [0.2, 0.25) is 0 Å². The molecule has 1 atom stereocenters. The van der Waals surface area contributed by atoms with Crippen LogP contribution < -0.4 is 0 Å². The molecule has 0 spiro atoms. The molecule has 168 valence electrons. The van der Waals surface area contributed by atoms with Crippen LogP contribution in [0.4, 0.5) is 4.39 Å². The molecule has 0 N–H and O–H groups in total. The Kier molecular flexibility index (Phi) is 5.24. The first-order valence-corrected chi connectivity index (χ1v) is 11.5. The van der Waals surface area contributed by atoms with Crippen LogP contribution in [-0.2, 0) is 13.1 Å². The number of aromatic nitrogens is 3. The molecule has 0 saturated heterocycles. The fraction of sp³-hybridized carbons (Fsp3) is 0.385. The second-order valence-corrected chi connectivity index (χ2v) is 9.33. The van der Waals surface area contributed by atoms with E-state index in [-0.39, 0.29) is 12.5 Å². The average molecular weight is 444 g/mol. The number of alkyl halides is 1. The predicted molar refractivity (Wildman–Crippen MR) is 123 cm³/mol. The SMILES string of the molecule is CCCC(C)(F)Cn1cc(-c2ccc(C#N)nc2-c2ccc3c(c2)C(=O)N(C2CC2)C3)cn1. The first-order valence-electron chi connectivity index (χ1n) is 11.5. The quantitative estimate of drug-likeness (QED) is 0.507. The molecule has 1 saturated carbocycles. The second-order valence-electron chi connectivity index (χ2n) is 9.33. The molecule has 33 heavy (non-hydrogen) atoms. The van der Waals surface area contributed by atoms with Crippen molar-refractivity contribution < 1.29 is 9.18 Å². The molecular formula is C26H26FN5O. The van der Waals surface area contributed by atoms with Gasteiger partial charge in [0.1, 0.15) is 17.4 Å². The monoisotopic (exact) mass is 443 g/mol. The van der Waals surface area contributed by atoms with E-state index >= 15 is 0 Å². The van der Waals surface area contributed by atoms with Gasteiger partial charge in [-0.1, -0.05) is 25.5 Å². The molecule has 0 bridgehead atoms. The highest BCUT2D eigenvalue weighted by Gasteiger charge is 2.38. The molecule has 2 aliphatic rings. The molecule has 3 aromatic rings. The Balaban J connectivity index is 1.51. The third-order valence-electron chi connectivity index (χ3n) is 6.42. The normalized spacial score (nSPS) is 17.0. The van der Waals surface area contributed by atoms with Gasteiger partial charge in [0.15, 0.2) is 0 Å². The minimum atomic E-state index is -1.34. The van der Waals surface area contributed by atoms with Gasteiger partial charge in [0.05, 0.1) is 18.4 Å². The minimum Gasteiger partial charge on any atom is -0.331 e. The largest absolute Gasteiger partial charge is 0.331 e. The molecule has 1 aliphatic heterocycles. The number of carbonyl (C=O) groups excluding carboxylic acids is 1. The summed E-state index contributed by atoms with van der Waals surface area (Å²) >= 11 is 0. The standard InChI is InChI=1S/C26H26FN5O/c1-3-10-26(2,27)16-31-14-19(13-29-31)22-9-6-20(12-28)30-24(22)17-4-5-18-15-32(21-7-8-21)25(33)23(18)11-17/h4-6,9,11,13-14,21H,3,7-8,10,15-16H2,1-2H3. The maximum absolute atomic E-state index is 14.7. The molecule has 2 aromatic heterocycles. The topological polar surface area (TPSA) is 74.8 Å². The summed E-state index contributed by atoms with van der Waals surface area (Å²) in [7, 11) is 0. The maximum Gasteiger partial charge on any atom is 0.254 e. The molecule has 1 unspecified atom stereocenters. The lowest BCUT2D eigenvalue weighted by atomic mass is 9.98. The number of rotatable bonds is 7. The number of amides is 1. The van der Waals surface area contributed by atoms with Crippen LogP contribution in [0.3, 0.4) is 0 Å². The van der Waals surface area contributed by atoms with E-state index in [1.807, 2.05) is 42.3 Å². The van der Waals surface area contributed by atoms with E-state index in [4.69, 9.17) is 0 Å². The van der Waals surface area contributed by atoms with Gasteiger partial charge in [-0.25, -0.2) is 9.37 Å². The van der Waals surface area contributed by atoms with Crippen LogP contribution in [0.1, 0.15) is 61.1 Å². The van der Waals surface area contributed by atoms with E-state index < -0.39 is 5.67 Å². The molecule has 7 heteroatoms. The molecule has 1 fully saturated rings. The van der Waals surface area contributed by atoms with Gasteiger partial charge in [0.2, 0.25) is 0 Å². The summed E-state index contributed by atoms with van der Waals surface area (Å²) in [6, 6.07) is 11.8. The van der Waals surface area contributed by atoms with Crippen molar-refractivity contribution in [1.29, 1.82) is 5.26 Å². The van der Waals surface area contributed by atoms with Crippen molar-refractivity contribution in [3.63, 3.8) is 0 Å². The van der Waals surface area contributed by atoms with Crippen molar-refractivity contribution in [3.8, 4) is 28.5 Å². The third-order valence-corrected chi connectivity index (χ3v) is 6.42. The Morgan fingerprint density at radius 3 is 2.76 bits per heavy atom. The van der Waals surface area contributed by atoms with E-state index in [1.165, 1.54) is 0 Å². The molecule has 1 aromatic carbocycles. The Morgan fingerprint density at radius 2 is 2.03 bits per heavy atom. The summed E-state index contributed by atoms with van der Waals surface area (Å²) in [6.07, 6.45) is 6.88. The molecule has 1 aliphatic carbocycles. The summed E-state index contributed by atoms with van der Waals surface area (Å²) in [5.41, 5.74) is 3.68. The van der Waals surface area contributed by atoms with Gasteiger partial charge in [-0.05, 0) is 49.9 Å². The summed E-state index contributed by atoms with van der Waals surface area (Å²) in [5, 5.41) is 13.8. The summed E-state index contributed by atoms with van der Waals surface area (Å²) < 4.78 is 16.4. The van der Waals surface area contributed by atoms with Gasteiger partial charge >= 0.3 is 0 Å². The predicted octanol–water partition coefficient (Wildman–Crippen LogP) is 5.13. The van der Waals surface area contributed by atoms with Gasteiger partial charge in [-0.2, -0.15) is 10.4 Å². The van der Waals surface area contributed by atoms with Crippen LogP contribution >= 0.6 is 0 Å². The third kappa shape index (κ3) is 4.13. The lowest BCUT2D eigenvalue weighted by molar-refractivity contribution is 0.0766. The number of hydrogen-bond acceptors (Lipinski definition) is 4. The highest BCUT2D eigenvalue weighted by atomic mass is 19.1. The van der Waals surface area contributed by atoms with Crippen LogP contribution in [0.25, 0.3) is 22.4 Å². The minimum absolute atomic E-state index is 0.0679. The van der Waals surface area contributed by atoms with Gasteiger partial charge in [0, 0.05) is 41.0 Å². The summed E-state index contributed by atoms with van der Waals surface area (Å²) in [5.74, 6) is 0.0679. The smallest absolute Gasteiger partial charge is 0.254 e. The Labute approximate surface area is 192 Å². The molecule has 0 radical (unpaired) electrons. The van der Waals surface area contributed by atoms with Gasteiger partial charge in [-0.3, -0.25) is 9.48 Å². The van der Waals surface area contributed by atoms with Crippen LogP contribution in [0.15, 0.2) is 42.7 Å². The maximum atomic E-state index is 14.7. The first kappa shape index (κ1) is 21.3. The second kappa shape index (κ2) is 8.11. The fourth-order valence-electron chi connectivity index (χ4n) is 4.65. The van der Waals surface area contributed by atoms with E-state index in [9.17, 15) is 14.4 Å². The zero-order valence-electron chi connectivity index (χ0n) is 18.9. The van der Waals surface area contributed by atoms with Gasteiger partial charge in [0.25, 0.3) is 5.91 Å².